The van der Waals surface area contributed by atoms with E-state index in [1.54, 1.807) is 0 Å². The molecule has 0 bridgehead atoms. The molecule has 0 spiro atoms. The van der Waals surface area contributed by atoms with Gasteiger partial charge in [-0.05, 0) is 122 Å². The Bertz CT molecular complexity index is 1670. The van der Waals surface area contributed by atoms with E-state index < -0.39 is 6.10 Å². The molecule has 0 aromatic heterocycles. The van der Waals surface area contributed by atoms with Crippen molar-refractivity contribution in [1.29, 1.82) is 0 Å². The number of unbranched alkanes of at least 4 members (excludes halogenated alkanes) is 24. The zero-order valence-electron chi connectivity index (χ0n) is 50.6. The molecule has 0 N–H and O–H groups in total. The molecule has 6 heteroatoms. The van der Waals surface area contributed by atoms with Crippen molar-refractivity contribution in [2.45, 2.75) is 290 Å². The van der Waals surface area contributed by atoms with Crippen LogP contribution < -0.4 is 0 Å². The fourth-order valence-electron chi connectivity index (χ4n) is 8.58. The molecular weight excluding hydrogens is 961 g/mol. The molecule has 1 unspecified atom stereocenters. The quantitative estimate of drug-likeness (QED) is 0.0261. The lowest BCUT2D eigenvalue weighted by Gasteiger charge is -2.18. The number of ether oxygens (including phenoxy) is 3. The van der Waals surface area contributed by atoms with Gasteiger partial charge in [0, 0.05) is 19.3 Å². The fourth-order valence-corrected chi connectivity index (χ4v) is 8.58. The maximum absolute atomic E-state index is 12.9. The summed E-state index contributed by atoms with van der Waals surface area (Å²) in [4.78, 5) is 38.1. The maximum atomic E-state index is 12.9. The zero-order chi connectivity index (χ0) is 56.4. The largest absolute Gasteiger partial charge is 0.462 e. The first-order chi connectivity index (χ1) is 38.5. The predicted molar refractivity (Wildman–Crippen MR) is 339 cm³/mol. The lowest BCUT2D eigenvalue weighted by Crippen LogP contribution is -2.30. The summed E-state index contributed by atoms with van der Waals surface area (Å²) in [5.74, 6) is -0.934. The topological polar surface area (TPSA) is 78.9 Å². The molecule has 0 radical (unpaired) electrons. The molecule has 0 rings (SSSR count). The summed E-state index contributed by atoms with van der Waals surface area (Å²) in [5.41, 5.74) is 0. The minimum atomic E-state index is -0.797. The van der Waals surface area contributed by atoms with Crippen molar-refractivity contribution in [2.24, 2.45) is 0 Å². The van der Waals surface area contributed by atoms with Crippen molar-refractivity contribution < 1.29 is 28.6 Å². The first kappa shape index (κ1) is 73.5. The minimum Gasteiger partial charge on any atom is -0.462 e. The van der Waals surface area contributed by atoms with E-state index in [-0.39, 0.29) is 31.1 Å². The minimum absolute atomic E-state index is 0.0922. The van der Waals surface area contributed by atoms with Crippen molar-refractivity contribution in [1.82, 2.24) is 0 Å². The highest BCUT2D eigenvalue weighted by molar-refractivity contribution is 5.71. The lowest BCUT2D eigenvalue weighted by atomic mass is 10.1. The molecule has 0 saturated carbocycles. The third kappa shape index (κ3) is 62.4. The fraction of sp³-hybridized carbons (Fsp3) is 0.653. The van der Waals surface area contributed by atoms with Crippen LogP contribution in [0.1, 0.15) is 284 Å². The molecule has 0 aromatic rings. The molecule has 0 saturated heterocycles. The number of esters is 3. The molecule has 78 heavy (non-hydrogen) atoms. The van der Waals surface area contributed by atoms with E-state index in [1.807, 2.05) is 0 Å². The summed E-state index contributed by atoms with van der Waals surface area (Å²) in [6.07, 6.45) is 91.9. The van der Waals surface area contributed by atoms with E-state index in [2.05, 4.69) is 154 Å². The molecule has 0 fully saturated rings. The lowest BCUT2D eigenvalue weighted by molar-refractivity contribution is -0.167. The summed E-state index contributed by atoms with van der Waals surface area (Å²) < 4.78 is 16.8. The summed E-state index contributed by atoms with van der Waals surface area (Å²) in [7, 11) is 0. The standard InChI is InChI=1S/C72H118O6/c1-4-7-10-13-16-19-21-23-25-27-29-31-32-33-34-35-36-37-38-39-40-42-43-45-47-49-51-53-56-59-62-65-71(74)77-68-69(67-76-70(73)64-61-58-55-18-15-12-9-6-3)78-72(75)66-63-60-57-54-52-50-48-46-44-41-30-28-26-24-22-20-17-14-11-8-5-2/h7,10,16,19,22-25,28-31,33-34,36-37,39-40,43,45,49,51,69H,4-6,8-9,11-15,17-18,20-21,26-27,32,35,38,41-42,44,46-48,50,52-68H2,1-3H3/b10-7-,19-16-,24-22-,25-23-,30-28-,31-29-,34-33-,37-36-,40-39-,45-43-,51-49-. The number of hydrogen-bond donors (Lipinski definition) is 0. The van der Waals surface area contributed by atoms with Crippen molar-refractivity contribution in [2.75, 3.05) is 13.2 Å². The maximum Gasteiger partial charge on any atom is 0.306 e. The van der Waals surface area contributed by atoms with E-state index in [0.29, 0.717) is 19.3 Å². The predicted octanol–water partition coefficient (Wildman–Crippen LogP) is 22.2. The number of hydrogen-bond acceptors (Lipinski definition) is 6. The van der Waals surface area contributed by atoms with Gasteiger partial charge in [0.25, 0.3) is 0 Å². The first-order valence-electron chi connectivity index (χ1n) is 32.2. The van der Waals surface area contributed by atoms with Gasteiger partial charge in [-0.15, -0.1) is 0 Å². The summed E-state index contributed by atoms with van der Waals surface area (Å²) in [6, 6.07) is 0. The van der Waals surface area contributed by atoms with Gasteiger partial charge in [-0.3, -0.25) is 14.4 Å². The Morgan fingerprint density at radius 1 is 0.269 bits per heavy atom. The van der Waals surface area contributed by atoms with E-state index in [1.165, 1.54) is 116 Å². The Balaban J connectivity index is 4.29. The molecule has 0 aliphatic rings. The number of rotatable bonds is 57. The van der Waals surface area contributed by atoms with Crippen molar-refractivity contribution in [3.8, 4) is 0 Å². The summed E-state index contributed by atoms with van der Waals surface area (Å²) in [6.45, 7) is 6.46. The van der Waals surface area contributed by atoms with Crippen LogP contribution in [0.25, 0.3) is 0 Å². The molecule has 6 nitrogen and oxygen atoms in total. The average Bonchev–Trinajstić information content (AvgIpc) is 3.44. The van der Waals surface area contributed by atoms with Crippen LogP contribution in [0.4, 0.5) is 0 Å². The van der Waals surface area contributed by atoms with E-state index in [9.17, 15) is 14.4 Å². The molecule has 0 heterocycles. The molecule has 0 aliphatic heterocycles. The second-order valence-electron chi connectivity index (χ2n) is 20.9. The second kappa shape index (κ2) is 65.1. The van der Waals surface area contributed by atoms with Crippen molar-refractivity contribution >= 4 is 17.9 Å². The molecular formula is C72H118O6. The molecule has 0 aliphatic carbocycles. The van der Waals surface area contributed by atoms with Crippen LogP contribution in [0, 0.1) is 0 Å². The second-order valence-corrected chi connectivity index (χ2v) is 20.9. The van der Waals surface area contributed by atoms with Gasteiger partial charge in [-0.1, -0.05) is 276 Å². The number of allylic oxidation sites excluding steroid dienone is 22. The van der Waals surface area contributed by atoms with Crippen LogP contribution in [0.5, 0.6) is 0 Å². The molecule has 0 amide bonds. The van der Waals surface area contributed by atoms with Gasteiger partial charge in [0.15, 0.2) is 6.10 Å². The Morgan fingerprint density at radius 2 is 0.500 bits per heavy atom. The molecule has 1 atom stereocenters. The highest BCUT2D eigenvalue weighted by Gasteiger charge is 2.19. The van der Waals surface area contributed by atoms with Gasteiger partial charge < -0.3 is 14.2 Å². The highest BCUT2D eigenvalue weighted by atomic mass is 16.6. The van der Waals surface area contributed by atoms with Gasteiger partial charge in [0.05, 0.1) is 0 Å². The van der Waals surface area contributed by atoms with Crippen molar-refractivity contribution in [3.05, 3.63) is 134 Å². The van der Waals surface area contributed by atoms with Gasteiger partial charge in [0.1, 0.15) is 13.2 Å². The first-order valence-corrected chi connectivity index (χ1v) is 32.2. The summed E-state index contributed by atoms with van der Waals surface area (Å²) in [5, 5.41) is 0. The number of carbonyl (C=O) groups is 3. The van der Waals surface area contributed by atoms with Crippen LogP contribution in [-0.2, 0) is 28.6 Å². The Morgan fingerprint density at radius 3 is 0.795 bits per heavy atom. The Labute approximate surface area is 481 Å². The van der Waals surface area contributed by atoms with Gasteiger partial charge in [0.2, 0.25) is 0 Å². The average molecular weight is 1080 g/mol. The van der Waals surface area contributed by atoms with E-state index in [4.69, 9.17) is 14.2 Å². The zero-order valence-corrected chi connectivity index (χ0v) is 50.6. The normalized spacial score (nSPS) is 13.0. The third-order valence-corrected chi connectivity index (χ3v) is 13.4. The van der Waals surface area contributed by atoms with Crippen molar-refractivity contribution in [3.63, 3.8) is 0 Å². The number of carbonyl (C=O) groups excluding carboxylic acids is 3. The van der Waals surface area contributed by atoms with Crippen LogP contribution in [-0.4, -0.2) is 37.2 Å². The highest BCUT2D eigenvalue weighted by Crippen LogP contribution is 2.15. The van der Waals surface area contributed by atoms with E-state index in [0.717, 1.165) is 128 Å². The van der Waals surface area contributed by atoms with Crippen LogP contribution in [0.15, 0.2) is 134 Å². The van der Waals surface area contributed by atoms with Crippen LogP contribution >= 0.6 is 0 Å². The Kier molecular flexibility index (Phi) is 61.4. The smallest absolute Gasteiger partial charge is 0.306 e. The SMILES string of the molecule is CC/C=C\C/C=C\C/C=C\C/C=C\C/C=C\C/C=C\C/C=C\C/C=C\C/C=C\CCCCCC(=O)OCC(COC(=O)CCCCCCCCCC)OC(=O)CCCCCCCCCCC/C=C\C/C=C\CCCCCCC. The van der Waals surface area contributed by atoms with Crippen LogP contribution in [0.2, 0.25) is 0 Å². The third-order valence-electron chi connectivity index (χ3n) is 13.4. The molecule has 442 valence electrons. The summed E-state index contributed by atoms with van der Waals surface area (Å²) >= 11 is 0. The van der Waals surface area contributed by atoms with Crippen LogP contribution in [0.3, 0.4) is 0 Å². The van der Waals surface area contributed by atoms with Gasteiger partial charge >= 0.3 is 17.9 Å². The van der Waals surface area contributed by atoms with Gasteiger partial charge in [-0.2, -0.15) is 0 Å². The van der Waals surface area contributed by atoms with E-state index >= 15 is 0 Å². The Hall–Kier alpha value is -4.45. The monoisotopic (exact) mass is 1080 g/mol. The molecule has 0 aromatic carbocycles. The van der Waals surface area contributed by atoms with Gasteiger partial charge in [-0.25, -0.2) is 0 Å².